The molecule has 1 heterocycles. The molecule has 0 amide bonds. The molecular formula is C19H13F4N3O4. The molecule has 1 N–H and O–H groups in total. The molecule has 1 aliphatic carbocycles. The third kappa shape index (κ3) is 4.50. The van der Waals surface area contributed by atoms with Crippen LogP contribution in [-0.2, 0) is 9.63 Å². The zero-order chi connectivity index (χ0) is 21.3. The molecule has 1 aromatic heterocycles. The van der Waals surface area contributed by atoms with Crippen LogP contribution in [0.25, 0.3) is 11.5 Å². The van der Waals surface area contributed by atoms with E-state index in [0.29, 0.717) is 29.0 Å². The van der Waals surface area contributed by atoms with Crippen LogP contribution >= 0.6 is 0 Å². The van der Waals surface area contributed by atoms with E-state index in [1.54, 1.807) is 29.7 Å². The van der Waals surface area contributed by atoms with Crippen LogP contribution in [0.1, 0.15) is 24.7 Å². The van der Waals surface area contributed by atoms with Gasteiger partial charge in [0.05, 0.1) is 0 Å². The predicted molar refractivity (Wildman–Crippen MR) is 94.0 cm³/mol. The molecule has 156 valence electrons. The highest BCUT2D eigenvalue weighted by Gasteiger charge is 2.41. The number of ether oxygens (including phenoxy) is 1. The summed E-state index contributed by atoms with van der Waals surface area (Å²) in [7, 11) is 0. The highest BCUT2D eigenvalue weighted by Crippen LogP contribution is 2.40. The van der Waals surface area contributed by atoms with Gasteiger partial charge in [-0.05, 0) is 43.2 Å². The molecule has 1 aliphatic rings. The Morgan fingerprint density at radius 3 is 2.57 bits per heavy atom. The minimum absolute atomic E-state index is 0.0709. The molecule has 3 aromatic rings. The van der Waals surface area contributed by atoms with Crippen molar-refractivity contribution in [3.05, 3.63) is 54.2 Å². The minimum Gasteiger partial charge on any atom is -0.457 e. The van der Waals surface area contributed by atoms with Crippen LogP contribution in [0, 0.1) is 5.82 Å². The van der Waals surface area contributed by atoms with Gasteiger partial charge in [0.2, 0.25) is 11.8 Å². The molecule has 0 aliphatic heterocycles. The number of carbonyl (C=O) groups is 1. The maximum Gasteiger partial charge on any atom is 0.493 e. The SMILES string of the molecule is O=C(ONc1ccc(Oc2cccc(-c3nnc(C4CC4)o3)c2)cc1F)C(F)(F)F. The van der Waals surface area contributed by atoms with Crippen molar-refractivity contribution in [3.8, 4) is 23.0 Å². The summed E-state index contributed by atoms with van der Waals surface area (Å²) < 4.78 is 61.6. The first-order valence-corrected chi connectivity index (χ1v) is 8.75. The number of carbonyl (C=O) groups excluding carboxylic acids is 1. The van der Waals surface area contributed by atoms with E-state index >= 15 is 0 Å². The fraction of sp³-hybridized carbons (Fsp3) is 0.211. The van der Waals surface area contributed by atoms with E-state index in [1.165, 1.54) is 6.07 Å². The fourth-order valence-electron chi connectivity index (χ4n) is 2.48. The van der Waals surface area contributed by atoms with Crippen molar-refractivity contribution >= 4 is 11.7 Å². The second-order valence-corrected chi connectivity index (χ2v) is 6.48. The first kappa shape index (κ1) is 19.7. The number of alkyl halides is 3. The average molecular weight is 423 g/mol. The van der Waals surface area contributed by atoms with Crippen LogP contribution in [0.15, 0.2) is 46.9 Å². The van der Waals surface area contributed by atoms with Gasteiger partial charge in [0.25, 0.3) is 0 Å². The number of benzene rings is 2. The molecule has 7 nitrogen and oxygen atoms in total. The summed E-state index contributed by atoms with van der Waals surface area (Å²) in [6.45, 7) is 0. The lowest BCUT2D eigenvalue weighted by molar-refractivity contribution is -0.196. The summed E-state index contributed by atoms with van der Waals surface area (Å²) in [5.41, 5.74) is 1.78. The van der Waals surface area contributed by atoms with Gasteiger partial charge in [-0.15, -0.1) is 10.2 Å². The van der Waals surface area contributed by atoms with Gasteiger partial charge in [-0.1, -0.05) is 6.07 Å². The maximum atomic E-state index is 14.1. The summed E-state index contributed by atoms with van der Waals surface area (Å²) in [5, 5.41) is 8.03. The van der Waals surface area contributed by atoms with E-state index in [4.69, 9.17) is 9.15 Å². The van der Waals surface area contributed by atoms with E-state index in [-0.39, 0.29) is 5.75 Å². The highest BCUT2D eigenvalue weighted by atomic mass is 19.4. The van der Waals surface area contributed by atoms with Gasteiger partial charge in [0.15, 0.2) is 5.82 Å². The lowest BCUT2D eigenvalue weighted by Crippen LogP contribution is -2.27. The van der Waals surface area contributed by atoms with Crippen LogP contribution in [0.3, 0.4) is 0 Å². The Labute approximate surface area is 166 Å². The van der Waals surface area contributed by atoms with E-state index < -0.39 is 23.7 Å². The number of aromatic nitrogens is 2. The summed E-state index contributed by atoms with van der Waals surface area (Å²) in [6, 6.07) is 9.97. The molecule has 0 unspecified atom stereocenters. The summed E-state index contributed by atoms with van der Waals surface area (Å²) in [6.07, 6.45) is -3.15. The first-order valence-electron chi connectivity index (χ1n) is 8.75. The van der Waals surface area contributed by atoms with Crippen LogP contribution in [0.5, 0.6) is 11.5 Å². The van der Waals surface area contributed by atoms with E-state index in [9.17, 15) is 22.4 Å². The Balaban J connectivity index is 1.44. The normalized spacial score (nSPS) is 13.7. The van der Waals surface area contributed by atoms with Crippen LogP contribution < -0.4 is 10.2 Å². The van der Waals surface area contributed by atoms with Crippen molar-refractivity contribution in [2.45, 2.75) is 24.9 Å². The predicted octanol–water partition coefficient (Wildman–Crippen LogP) is 4.98. The molecule has 1 fully saturated rings. The molecule has 4 rings (SSSR count). The van der Waals surface area contributed by atoms with Crippen LogP contribution in [0.2, 0.25) is 0 Å². The average Bonchev–Trinajstić information content (AvgIpc) is 3.43. The third-order valence-electron chi connectivity index (χ3n) is 4.11. The molecule has 2 aromatic carbocycles. The first-order chi connectivity index (χ1) is 14.3. The van der Waals surface area contributed by atoms with Gasteiger partial charge >= 0.3 is 12.1 Å². The zero-order valence-electron chi connectivity index (χ0n) is 15.1. The Kier molecular flexibility index (Phi) is 5.02. The molecule has 0 atom stereocenters. The van der Waals surface area contributed by atoms with Crippen molar-refractivity contribution < 1.29 is 36.3 Å². The quantitative estimate of drug-likeness (QED) is 0.442. The number of anilines is 1. The second kappa shape index (κ2) is 7.65. The Hall–Kier alpha value is -3.63. The summed E-state index contributed by atoms with van der Waals surface area (Å²) >= 11 is 0. The number of rotatable bonds is 6. The van der Waals surface area contributed by atoms with Gasteiger partial charge in [0, 0.05) is 17.5 Å². The number of halogens is 4. The van der Waals surface area contributed by atoms with Gasteiger partial charge in [0.1, 0.15) is 17.2 Å². The summed E-state index contributed by atoms with van der Waals surface area (Å²) in [5.74, 6) is -1.82. The largest absolute Gasteiger partial charge is 0.493 e. The fourth-order valence-corrected chi connectivity index (χ4v) is 2.48. The lowest BCUT2D eigenvalue weighted by Gasteiger charge is -2.11. The smallest absolute Gasteiger partial charge is 0.457 e. The number of hydrogen-bond donors (Lipinski definition) is 1. The monoisotopic (exact) mass is 423 g/mol. The molecule has 0 bridgehead atoms. The standard InChI is InChI=1S/C19H13F4N3O4/c20-14-9-13(6-7-15(14)26-30-18(27)19(21,22)23)28-12-3-1-2-11(8-12)17-25-24-16(29-17)10-4-5-10/h1-3,6-10,26H,4-5H2. The molecule has 0 saturated heterocycles. The number of hydrogen-bond acceptors (Lipinski definition) is 7. The molecule has 1 saturated carbocycles. The van der Waals surface area contributed by atoms with E-state index in [0.717, 1.165) is 25.0 Å². The summed E-state index contributed by atoms with van der Waals surface area (Å²) in [4.78, 5) is 14.5. The molecule has 30 heavy (non-hydrogen) atoms. The van der Waals surface area contributed by atoms with Crippen molar-refractivity contribution in [1.29, 1.82) is 0 Å². The topological polar surface area (TPSA) is 86.5 Å². The maximum absolute atomic E-state index is 14.1. The number of nitrogens with zero attached hydrogens (tertiary/aromatic N) is 2. The second-order valence-electron chi connectivity index (χ2n) is 6.48. The Morgan fingerprint density at radius 2 is 1.87 bits per heavy atom. The van der Waals surface area contributed by atoms with Crippen molar-refractivity contribution in [2.24, 2.45) is 0 Å². The molecule has 0 radical (unpaired) electrons. The molecular weight excluding hydrogens is 410 g/mol. The van der Waals surface area contributed by atoms with Gasteiger partial charge in [-0.2, -0.15) is 13.2 Å². The van der Waals surface area contributed by atoms with Gasteiger partial charge in [-0.25, -0.2) is 14.7 Å². The van der Waals surface area contributed by atoms with Crippen molar-refractivity contribution in [3.63, 3.8) is 0 Å². The lowest BCUT2D eigenvalue weighted by atomic mass is 10.2. The Bertz CT molecular complexity index is 1080. The van der Waals surface area contributed by atoms with Crippen LogP contribution in [-0.4, -0.2) is 22.3 Å². The zero-order valence-corrected chi connectivity index (χ0v) is 15.1. The highest BCUT2D eigenvalue weighted by molar-refractivity contribution is 5.76. The van der Waals surface area contributed by atoms with Crippen molar-refractivity contribution in [1.82, 2.24) is 10.2 Å². The van der Waals surface area contributed by atoms with Crippen molar-refractivity contribution in [2.75, 3.05) is 5.48 Å². The minimum atomic E-state index is -5.20. The van der Waals surface area contributed by atoms with Gasteiger partial charge in [-0.3, -0.25) is 0 Å². The van der Waals surface area contributed by atoms with Gasteiger partial charge < -0.3 is 14.0 Å². The molecule has 0 spiro atoms. The van der Waals surface area contributed by atoms with E-state index in [2.05, 4.69) is 15.0 Å². The molecule has 11 heteroatoms. The van der Waals surface area contributed by atoms with Crippen LogP contribution in [0.4, 0.5) is 23.2 Å². The number of nitrogens with one attached hydrogen (secondary N) is 1. The Morgan fingerprint density at radius 1 is 1.10 bits per heavy atom. The van der Waals surface area contributed by atoms with E-state index in [1.807, 2.05) is 0 Å². The third-order valence-corrected chi connectivity index (χ3v) is 4.11.